The Morgan fingerprint density at radius 3 is 2.84 bits per heavy atom. The molecule has 6 nitrogen and oxygen atoms in total. The first-order valence-electron chi connectivity index (χ1n) is 6.09. The summed E-state index contributed by atoms with van der Waals surface area (Å²) in [5.41, 5.74) is -0.0130. The van der Waals surface area contributed by atoms with Gasteiger partial charge in [-0.05, 0) is 25.0 Å². The van der Waals surface area contributed by atoms with Crippen molar-refractivity contribution in [3.8, 4) is 0 Å². The molecule has 0 amide bonds. The Bertz CT molecular complexity index is 579. The van der Waals surface area contributed by atoms with Gasteiger partial charge in [0, 0.05) is 18.4 Å². The van der Waals surface area contributed by atoms with Gasteiger partial charge in [0.2, 0.25) is 0 Å². The molecular formula is C13H13N3O3. The molecule has 2 aromatic heterocycles. The van der Waals surface area contributed by atoms with Gasteiger partial charge in [-0.25, -0.2) is 14.8 Å². The van der Waals surface area contributed by atoms with Gasteiger partial charge in [0.15, 0.2) is 11.5 Å². The zero-order valence-electron chi connectivity index (χ0n) is 10.2. The third-order valence-electron chi connectivity index (χ3n) is 3.05. The van der Waals surface area contributed by atoms with E-state index in [0.29, 0.717) is 18.4 Å². The van der Waals surface area contributed by atoms with E-state index in [4.69, 9.17) is 4.42 Å². The lowest BCUT2D eigenvalue weighted by molar-refractivity contribution is 0.0690. The molecule has 0 aliphatic heterocycles. The predicted molar refractivity (Wildman–Crippen MR) is 66.9 cm³/mol. The average Bonchev–Trinajstić information content (AvgIpc) is 3.13. The van der Waals surface area contributed by atoms with Crippen molar-refractivity contribution in [1.82, 2.24) is 9.97 Å². The summed E-state index contributed by atoms with van der Waals surface area (Å²) < 4.78 is 5.33. The van der Waals surface area contributed by atoms with E-state index in [1.54, 1.807) is 6.26 Å². The number of furan rings is 1. The number of aromatic nitrogens is 2. The van der Waals surface area contributed by atoms with Gasteiger partial charge in [0.1, 0.15) is 5.76 Å². The van der Waals surface area contributed by atoms with E-state index < -0.39 is 5.97 Å². The summed E-state index contributed by atoms with van der Waals surface area (Å²) in [4.78, 5) is 21.3. The topological polar surface area (TPSA) is 79.5 Å². The van der Waals surface area contributed by atoms with Crippen molar-refractivity contribution in [2.75, 3.05) is 4.90 Å². The normalized spacial score (nSPS) is 14.3. The van der Waals surface area contributed by atoms with Gasteiger partial charge < -0.3 is 14.4 Å². The van der Waals surface area contributed by atoms with Crippen LogP contribution in [-0.2, 0) is 6.54 Å². The van der Waals surface area contributed by atoms with Crippen LogP contribution < -0.4 is 4.90 Å². The Morgan fingerprint density at radius 1 is 1.42 bits per heavy atom. The number of carboxylic acids is 1. The fourth-order valence-corrected chi connectivity index (χ4v) is 2.03. The van der Waals surface area contributed by atoms with E-state index in [1.807, 2.05) is 17.0 Å². The van der Waals surface area contributed by atoms with E-state index in [0.717, 1.165) is 18.6 Å². The van der Waals surface area contributed by atoms with Crippen LogP contribution in [0.4, 0.5) is 5.82 Å². The second-order valence-corrected chi connectivity index (χ2v) is 4.47. The van der Waals surface area contributed by atoms with Crippen LogP contribution >= 0.6 is 0 Å². The smallest absolute Gasteiger partial charge is 0.358 e. The molecule has 0 unspecified atom stereocenters. The Morgan fingerprint density at radius 2 is 2.21 bits per heavy atom. The summed E-state index contributed by atoms with van der Waals surface area (Å²) in [5.74, 6) is 0.135. The fourth-order valence-electron chi connectivity index (χ4n) is 2.03. The van der Waals surface area contributed by atoms with Crippen molar-refractivity contribution in [3.63, 3.8) is 0 Å². The van der Waals surface area contributed by atoms with Crippen LogP contribution in [-0.4, -0.2) is 27.1 Å². The first-order valence-corrected chi connectivity index (χ1v) is 6.09. The minimum atomic E-state index is -1.06. The number of aromatic carboxylic acids is 1. The second-order valence-electron chi connectivity index (χ2n) is 4.47. The standard InChI is InChI=1S/C13H13N3O3/c17-13(18)11-12(15-6-5-14-11)16(9-3-4-9)8-10-2-1-7-19-10/h1-2,5-7,9H,3-4,8H2,(H,17,18). The summed E-state index contributed by atoms with van der Waals surface area (Å²) >= 11 is 0. The average molecular weight is 259 g/mol. The Hall–Kier alpha value is -2.37. The maximum absolute atomic E-state index is 11.2. The van der Waals surface area contributed by atoms with Crippen LogP contribution in [0.5, 0.6) is 0 Å². The summed E-state index contributed by atoms with van der Waals surface area (Å²) in [5, 5.41) is 9.19. The molecule has 2 heterocycles. The molecule has 1 aliphatic rings. The number of hydrogen-bond donors (Lipinski definition) is 1. The van der Waals surface area contributed by atoms with Crippen LogP contribution in [0.25, 0.3) is 0 Å². The second kappa shape index (κ2) is 4.72. The molecule has 1 N–H and O–H groups in total. The highest BCUT2D eigenvalue weighted by molar-refractivity contribution is 5.91. The molecule has 0 spiro atoms. The van der Waals surface area contributed by atoms with Gasteiger partial charge in [0.25, 0.3) is 0 Å². The molecule has 6 heteroatoms. The lowest BCUT2D eigenvalue weighted by Gasteiger charge is -2.23. The van der Waals surface area contributed by atoms with Crippen molar-refractivity contribution in [2.45, 2.75) is 25.4 Å². The third kappa shape index (κ3) is 2.42. The molecule has 98 valence electrons. The van der Waals surface area contributed by atoms with Gasteiger partial charge >= 0.3 is 5.97 Å². The van der Waals surface area contributed by atoms with Crippen LogP contribution in [0.1, 0.15) is 29.1 Å². The van der Waals surface area contributed by atoms with Gasteiger partial charge in [-0.1, -0.05) is 0 Å². The third-order valence-corrected chi connectivity index (χ3v) is 3.05. The minimum absolute atomic E-state index is 0.0130. The largest absolute Gasteiger partial charge is 0.476 e. The van der Waals surface area contributed by atoms with Gasteiger partial charge in [0.05, 0.1) is 12.8 Å². The monoisotopic (exact) mass is 259 g/mol. The number of anilines is 1. The SMILES string of the molecule is O=C(O)c1nccnc1N(Cc1ccco1)C1CC1. The lowest BCUT2D eigenvalue weighted by atomic mass is 10.3. The Labute approximate surface area is 109 Å². The molecule has 0 saturated heterocycles. The Kier molecular flexibility index (Phi) is 2.91. The number of carboxylic acid groups (broad SMARTS) is 1. The molecule has 0 aromatic carbocycles. The zero-order valence-corrected chi connectivity index (χ0v) is 10.2. The molecule has 0 bridgehead atoms. The van der Waals surface area contributed by atoms with Crippen LogP contribution in [0, 0.1) is 0 Å². The van der Waals surface area contributed by atoms with Crippen LogP contribution in [0.2, 0.25) is 0 Å². The van der Waals surface area contributed by atoms with Crippen LogP contribution in [0.3, 0.4) is 0 Å². The summed E-state index contributed by atoms with van der Waals surface area (Å²) in [6.07, 6.45) is 6.59. The van der Waals surface area contributed by atoms with E-state index in [1.165, 1.54) is 12.4 Å². The van der Waals surface area contributed by atoms with E-state index in [2.05, 4.69) is 9.97 Å². The highest BCUT2D eigenvalue weighted by Crippen LogP contribution is 2.33. The van der Waals surface area contributed by atoms with Crippen molar-refractivity contribution in [1.29, 1.82) is 0 Å². The maximum Gasteiger partial charge on any atom is 0.358 e. The van der Waals surface area contributed by atoms with Crippen molar-refractivity contribution >= 4 is 11.8 Å². The predicted octanol–water partition coefficient (Wildman–Crippen LogP) is 1.94. The van der Waals surface area contributed by atoms with E-state index in [9.17, 15) is 9.90 Å². The zero-order chi connectivity index (χ0) is 13.2. The fraction of sp³-hybridized carbons (Fsp3) is 0.308. The molecule has 1 saturated carbocycles. The molecule has 3 rings (SSSR count). The van der Waals surface area contributed by atoms with Gasteiger partial charge in [-0.2, -0.15) is 0 Å². The number of rotatable bonds is 5. The quantitative estimate of drug-likeness (QED) is 0.883. The molecule has 19 heavy (non-hydrogen) atoms. The maximum atomic E-state index is 11.2. The van der Waals surface area contributed by atoms with E-state index >= 15 is 0 Å². The highest BCUT2D eigenvalue weighted by Gasteiger charge is 2.33. The van der Waals surface area contributed by atoms with Gasteiger partial charge in [-0.3, -0.25) is 0 Å². The molecule has 0 radical (unpaired) electrons. The molecule has 0 atom stereocenters. The summed E-state index contributed by atoms with van der Waals surface area (Å²) in [6.45, 7) is 0.511. The molecule has 2 aromatic rings. The first kappa shape index (κ1) is 11.7. The van der Waals surface area contributed by atoms with Crippen molar-refractivity contribution < 1.29 is 14.3 Å². The first-order chi connectivity index (χ1) is 9.25. The molecular weight excluding hydrogens is 246 g/mol. The number of nitrogens with zero attached hydrogens (tertiary/aromatic N) is 3. The van der Waals surface area contributed by atoms with Crippen molar-refractivity contribution in [2.24, 2.45) is 0 Å². The number of hydrogen-bond acceptors (Lipinski definition) is 5. The molecule has 1 aliphatic carbocycles. The lowest BCUT2D eigenvalue weighted by Crippen LogP contribution is -2.28. The highest BCUT2D eigenvalue weighted by atomic mass is 16.4. The Balaban J connectivity index is 1.94. The molecule has 1 fully saturated rings. The van der Waals surface area contributed by atoms with Crippen molar-refractivity contribution in [3.05, 3.63) is 42.2 Å². The number of carbonyl (C=O) groups is 1. The summed E-state index contributed by atoms with van der Waals surface area (Å²) in [7, 11) is 0. The summed E-state index contributed by atoms with van der Waals surface area (Å²) in [6, 6.07) is 4.00. The van der Waals surface area contributed by atoms with Gasteiger partial charge in [-0.15, -0.1) is 0 Å². The van der Waals surface area contributed by atoms with E-state index in [-0.39, 0.29) is 5.69 Å². The van der Waals surface area contributed by atoms with Crippen LogP contribution in [0.15, 0.2) is 35.2 Å². The minimum Gasteiger partial charge on any atom is -0.476 e.